The summed E-state index contributed by atoms with van der Waals surface area (Å²) in [6, 6.07) is 1.26. The normalized spacial score (nSPS) is 19.3. The molecule has 1 nitrogen and oxygen atoms in total. The topological polar surface area (TPSA) is 20.2 Å². The van der Waals surface area contributed by atoms with Crippen molar-refractivity contribution in [3.05, 3.63) is 35.1 Å². The molecule has 1 aromatic rings. The van der Waals surface area contributed by atoms with E-state index < -0.39 is 23.6 Å². The Morgan fingerprint density at radius 2 is 1.53 bits per heavy atom. The van der Waals surface area contributed by atoms with Crippen molar-refractivity contribution in [2.75, 3.05) is 0 Å². The van der Waals surface area contributed by atoms with Crippen molar-refractivity contribution in [2.24, 2.45) is 5.92 Å². The molecule has 2 rings (SSSR count). The Balaban J connectivity index is 2.23. The molecule has 1 aromatic carbocycles. The minimum absolute atomic E-state index is 0.0527. The second kappa shape index (κ2) is 5.08. The van der Waals surface area contributed by atoms with Crippen molar-refractivity contribution in [2.45, 2.75) is 38.2 Å². The van der Waals surface area contributed by atoms with Crippen LogP contribution in [0.5, 0.6) is 0 Å². The summed E-state index contributed by atoms with van der Waals surface area (Å²) in [5.74, 6) is -3.26. The lowest BCUT2D eigenvalue weighted by atomic mass is 9.82. The highest BCUT2D eigenvalue weighted by molar-refractivity contribution is 5.23. The molecule has 1 aliphatic rings. The van der Waals surface area contributed by atoms with Crippen LogP contribution >= 0.6 is 0 Å². The molecule has 4 heteroatoms. The van der Waals surface area contributed by atoms with E-state index in [4.69, 9.17) is 0 Å². The predicted octanol–water partition coefficient (Wildman–Crippen LogP) is 3.72. The summed E-state index contributed by atoms with van der Waals surface area (Å²) in [5, 5.41) is 10.0. The van der Waals surface area contributed by atoms with Crippen molar-refractivity contribution < 1.29 is 18.3 Å². The summed E-state index contributed by atoms with van der Waals surface area (Å²) >= 11 is 0. The first kappa shape index (κ1) is 12.4. The molecule has 0 aliphatic heterocycles. The quantitative estimate of drug-likeness (QED) is 0.786. The monoisotopic (exact) mass is 244 g/mol. The summed E-state index contributed by atoms with van der Waals surface area (Å²) in [6.07, 6.45) is 3.67. The van der Waals surface area contributed by atoms with Gasteiger partial charge < -0.3 is 5.11 Å². The summed E-state index contributed by atoms with van der Waals surface area (Å²) < 4.78 is 39.3. The zero-order chi connectivity index (χ0) is 12.4. The van der Waals surface area contributed by atoms with Crippen LogP contribution in [0.1, 0.15) is 43.8 Å². The predicted molar refractivity (Wildman–Crippen MR) is 57.9 cm³/mol. The highest BCUT2D eigenvalue weighted by Gasteiger charge is 2.26. The summed E-state index contributed by atoms with van der Waals surface area (Å²) in [6.45, 7) is 0. The van der Waals surface area contributed by atoms with Gasteiger partial charge in [0.2, 0.25) is 0 Å². The fraction of sp³-hybridized carbons (Fsp3) is 0.538. The Kier molecular flexibility index (Phi) is 3.72. The first-order valence-electron chi connectivity index (χ1n) is 5.92. The Morgan fingerprint density at radius 3 is 2.18 bits per heavy atom. The van der Waals surface area contributed by atoms with Gasteiger partial charge in [-0.1, -0.05) is 19.3 Å². The van der Waals surface area contributed by atoms with Crippen molar-refractivity contribution in [3.63, 3.8) is 0 Å². The van der Waals surface area contributed by atoms with Crippen LogP contribution in [-0.2, 0) is 0 Å². The van der Waals surface area contributed by atoms with E-state index >= 15 is 0 Å². The molecule has 0 heterocycles. The Labute approximate surface area is 98.3 Å². The SMILES string of the molecule is OC(c1cc(F)c(F)cc1F)C1CCCCC1. The van der Waals surface area contributed by atoms with Gasteiger partial charge in [0.05, 0.1) is 6.10 Å². The number of aliphatic hydroxyl groups excluding tert-OH is 1. The van der Waals surface area contributed by atoms with Crippen LogP contribution < -0.4 is 0 Å². The molecule has 1 aliphatic carbocycles. The van der Waals surface area contributed by atoms with E-state index in [9.17, 15) is 18.3 Å². The van der Waals surface area contributed by atoms with Crippen molar-refractivity contribution in [1.29, 1.82) is 0 Å². The van der Waals surface area contributed by atoms with E-state index in [1.54, 1.807) is 0 Å². The van der Waals surface area contributed by atoms with E-state index in [1.165, 1.54) is 0 Å². The van der Waals surface area contributed by atoms with Gasteiger partial charge in [-0.2, -0.15) is 0 Å². The molecule has 0 saturated heterocycles. The van der Waals surface area contributed by atoms with Crippen LogP contribution in [0.25, 0.3) is 0 Å². The zero-order valence-electron chi connectivity index (χ0n) is 9.43. The molecule has 0 radical (unpaired) electrons. The molecule has 0 amide bonds. The molecule has 94 valence electrons. The molecule has 0 aromatic heterocycles. The van der Waals surface area contributed by atoms with Gasteiger partial charge in [-0.05, 0) is 24.8 Å². The third kappa shape index (κ3) is 2.63. The Morgan fingerprint density at radius 1 is 0.941 bits per heavy atom. The summed E-state index contributed by atoms with van der Waals surface area (Å²) in [4.78, 5) is 0. The van der Waals surface area contributed by atoms with Gasteiger partial charge in [0.25, 0.3) is 0 Å². The first-order chi connectivity index (χ1) is 8.09. The largest absolute Gasteiger partial charge is 0.388 e. The second-order valence-electron chi connectivity index (χ2n) is 4.63. The summed E-state index contributed by atoms with van der Waals surface area (Å²) in [5.41, 5.74) is -0.129. The molecule has 17 heavy (non-hydrogen) atoms. The molecule has 1 unspecified atom stereocenters. The average molecular weight is 244 g/mol. The minimum Gasteiger partial charge on any atom is -0.388 e. The molecular formula is C13H15F3O. The molecule has 1 saturated carbocycles. The van der Waals surface area contributed by atoms with E-state index in [1.807, 2.05) is 0 Å². The van der Waals surface area contributed by atoms with Crippen molar-refractivity contribution in [3.8, 4) is 0 Å². The number of hydrogen-bond acceptors (Lipinski definition) is 1. The fourth-order valence-corrected chi connectivity index (χ4v) is 2.47. The highest BCUT2D eigenvalue weighted by Crippen LogP contribution is 2.35. The van der Waals surface area contributed by atoms with E-state index in [0.717, 1.165) is 38.2 Å². The van der Waals surface area contributed by atoms with Crippen LogP contribution in [0.4, 0.5) is 13.2 Å². The lowest BCUT2D eigenvalue weighted by Gasteiger charge is -2.27. The van der Waals surface area contributed by atoms with Crippen LogP contribution in [-0.4, -0.2) is 5.11 Å². The molecular weight excluding hydrogens is 229 g/mol. The van der Waals surface area contributed by atoms with Gasteiger partial charge in [0, 0.05) is 11.6 Å². The maximum Gasteiger partial charge on any atom is 0.161 e. The summed E-state index contributed by atoms with van der Waals surface area (Å²) in [7, 11) is 0. The van der Waals surface area contributed by atoms with Crippen LogP contribution in [0.15, 0.2) is 12.1 Å². The van der Waals surface area contributed by atoms with Crippen molar-refractivity contribution in [1.82, 2.24) is 0 Å². The van der Waals surface area contributed by atoms with Crippen LogP contribution in [0.2, 0.25) is 0 Å². The van der Waals surface area contributed by atoms with Gasteiger partial charge in [0.1, 0.15) is 5.82 Å². The van der Waals surface area contributed by atoms with Gasteiger partial charge in [-0.15, -0.1) is 0 Å². The molecule has 0 bridgehead atoms. The van der Waals surface area contributed by atoms with E-state index in [0.29, 0.717) is 6.07 Å². The lowest BCUT2D eigenvalue weighted by Crippen LogP contribution is -2.17. The lowest BCUT2D eigenvalue weighted by molar-refractivity contribution is 0.0811. The van der Waals surface area contributed by atoms with Crippen LogP contribution in [0, 0.1) is 23.4 Å². The van der Waals surface area contributed by atoms with E-state index in [2.05, 4.69) is 0 Å². The number of benzene rings is 1. The smallest absolute Gasteiger partial charge is 0.161 e. The van der Waals surface area contributed by atoms with Crippen LogP contribution in [0.3, 0.4) is 0 Å². The number of rotatable bonds is 2. The number of aliphatic hydroxyl groups is 1. The maximum absolute atomic E-state index is 13.5. The highest BCUT2D eigenvalue weighted by atomic mass is 19.2. The van der Waals surface area contributed by atoms with Crippen molar-refractivity contribution >= 4 is 0 Å². The number of hydrogen-bond donors (Lipinski definition) is 1. The fourth-order valence-electron chi connectivity index (χ4n) is 2.47. The molecule has 1 fully saturated rings. The maximum atomic E-state index is 13.5. The van der Waals surface area contributed by atoms with Gasteiger partial charge in [-0.25, -0.2) is 13.2 Å². The molecule has 1 atom stereocenters. The Hall–Kier alpha value is -1.03. The van der Waals surface area contributed by atoms with Gasteiger partial charge in [0.15, 0.2) is 11.6 Å². The third-order valence-electron chi connectivity index (χ3n) is 3.45. The third-order valence-corrected chi connectivity index (χ3v) is 3.45. The molecule has 0 spiro atoms. The minimum atomic E-state index is -1.22. The van der Waals surface area contributed by atoms with Gasteiger partial charge >= 0.3 is 0 Å². The second-order valence-corrected chi connectivity index (χ2v) is 4.63. The van der Waals surface area contributed by atoms with E-state index in [-0.39, 0.29) is 11.5 Å². The zero-order valence-corrected chi connectivity index (χ0v) is 9.43. The Bertz CT molecular complexity index is 400. The first-order valence-corrected chi connectivity index (χ1v) is 5.92. The number of halogens is 3. The van der Waals surface area contributed by atoms with Gasteiger partial charge in [-0.3, -0.25) is 0 Å². The average Bonchev–Trinajstić information content (AvgIpc) is 2.34. The molecule has 1 N–H and O–H groups in total. The standard InChI is InChI=1S/C13H15F3O/c14-10-7-12(16)11(15)6-9(10)13(17)8-4-2-1-3-5-8/h6-8,13,17H,1-5H2.